The van der Waals surface area contributed by atoms with Gasteiger partial charge in [-0.15, -0.1) is 0 Å². The molecule has 1 amide bonds. The second kappa shape index (κ2) is 6.60. The molecule has 0 saturated carbocycles. The molecule has 0 spiro atoms. The van der Waals surface area contributed by atoms with Crippen molar-refractivity contribution in [3.8, 4) is 0 Å². The normalized spacial score (nSPS) is 13.2. The molecule has 1 atom stereocenters. The zero-order valence-electron chi connectivity index (χ0n) is 11.3. The summed E-state index contributed by atoms with van der Waals surface area (Å²) >= 11 is 11.7. The molecule has 5 heteroatoms. The Morgan fingerprint density at radius 2 is 2.00 bits per heavy atom. The molecular formula is C14H19Cl2NO2. The summed E-state index contributed by atoms with van der Waals surface area (Å²) in [5.41, 5.74) is 0.308. The Bertz CT molecular complexity index is 459. The molecule has 0 saturated heterocycles. The van der Waals surface area contributed by atoms with Gasteiger partial charge in [0.2, 0.25) is 0 Å². The third-order valence-corrected chi connectivity index (χ3v) is 3.50. The van der Waals surface area contributed by atoms with Crippen LogP contribution in [0.4, 0.5) is 0 Å². The highest BCUT2D eigenvalue weighted by Gasteiger charge is 2.21. The number of aliphatic hydroxyl groups excluding tert-OH is 1. The Morgan fingerprint density at radius 3 is 2.53 bits per heavy atom. The summed E-state index contributed by atoms with van der Waals surface area (Å²) < 4.78 is 0. The van der Waals surface area contributed by atoms with E-state index in [2.05, 4.69) is 5.32 Å². The van der Waals surface area contributed by atoms with Crippen LogP contribution >= 0.6 is 23.2 Å². The average molecular weight is 304 g/mol. The molecule has 0 fully saturated rings. The van der Waals surface area contributed by atoms with Gasteiger partial charge in [0, 0.05) is 12.1 Å². The predicted molar refractivity (Wildman–Crippen MR) is 78.9 cm³/mol. The third-order valence-electron chi connectivity index (χ3n) is 2.76. The topological polar surface area (TPSA) is 49.3 Å². The van der Waals surface area contributed by atoms with Crippen molar-refractivity contribution in [3.63, 3.8) is 0 Å². The Hall–Kier alpha value is -0.770. The lowest BCUT2D eigenvalue weighted by atomic mass is 9.87. The number of nitrogens with one attached hydrogen (secondary N) is 1. The van der Waals surface area contributed by atoms with Crippen LogP contribution in [-0.4, -0.2) is 23.7 Å². The van der Waals surface area contributed by atoms with Crippen LogP contribution in [0.15, 0.2) is 18.2 Å². The van der Waals surface area contributed by atoms with E-state index in [0.717, 1.165) is 0 Å². The highest BCUT2D eigenvalue weighted by molar-refractivity contribution is 6.42. The van der Waals surface area contributed by atoms with Gasteiger partial charge in [-0.1, -0.05) is 37.0 Å². The monoisotopic (exact) mass is 303 g/mol. The third kappa shape index (κ3) is 5.39. The van der Waals surface area contributed by atoms with E-state index in [1.807, 2.05) is 13.8 Å². The summed E-state index contributed by atoms with van der Waals surface area (Å²) in [6.45, 7) is 6.21. The van der Waals surface area contributed by atoms with Gasteiger partial charge in [-0.05, 0) is 37.0 Å². The fraction of sp³-hybridized carbons (Fsp3) is 0.500. The second-order valence-corrected chi connectivity index (χ2v) is 6.34. The van der Waals surface area contributed by atoms with E-state index >= 15 is 0 Å². The number of aliphatic hydroxyl groups is 1. The molecule has 19 heavy (non-hydrogen) atoms. The summed E-state index contributed by atoms with van der Waals surface area (Å²) in [5, 5.41) is 13.0. The molecule has 0 aromatic heterocycles. The van der Waals surface area contributed by atoms with Crippen LogP contribution in [0.3, 0.4) is 0 Å². The molecule has 2 N–H and O–H groups in total. The van der Waals surface area contributed by atoms with E-state index in [9.17, 15) is 9.90 Å². The number of halogens is 2. The Balaban J connectivity index is 2.62. The van der Waals surface area contributed by atoms with E-state index in [-0.39, 0.29) is 11.3 Å². The molecule has 0 heterocycles. The lowest BCUT2D eigenvalue weighted by Crippen LogP contribution is -2.35. The summed E-state index contributed by atoms with van der Waals surface area (Å²) in [6.07, 6.45) is 0.228. The number of carbonyl (C=O) groups excluding carboxylic acids is 1. The maximum atomic E-state index is 12.0. The first-order chi connectivity index (χ1) is 8.71. The van der Waals surface area contributed by atoms with Gasteiger partial charge in [-0.3, -0.25) is 4.79 Å². The van der Waals surface area contributed by atoms with Crippen LogP contribution < -0.4 is 5.32 Å². The average Bonchev–Trinajstić information content (AvgIpc) is 2.28. The largest absolute Gasteiger partial charge is 0.393 e. The maximum absolute atomic E-state index is 12.0. The fourth-order valence-corrected chi connectivity index (χ4v) is 2.23. The van der Waals surface area contributed by atoms with E-state index < -0.39 is 6.10 Å². The van der Waals surface area contributed by atoms with Crippen molar-refractivity contribution in [1.29, 1.82) is 0 Å². The first kappa shape index (κ1) is 16.3. The van der Waals surface area contributed by atoms with Gasteiger partial charge in [-0.2, -0.15) is 0 Å². The van der Waals surface area contributed by atoms with E-state index in [0.29, 0.717) is 28.6 Å². The molecule has 0 radical (unpaired) electrons. The molecule has 1 aromatic rings. The van der Waals surface area contributed by atoms with Gasteiger partial charge in [0.05, 0.1) is 16.1 Å². The van der Waals surface area contributed by atoms with Crippen LogP contribution in [-0.2, 0) is 0 Å². The van der Waals surface area contributed by atoms with Gasteiger partial charge in [0.1, 0.15) is 0 Å². The predicted octanol–water partition coefficient (Wildman–Crippen LogP) is 3.52. The molecule has 3 nitrogen and oxygen atoms in total. The van der Waals surface area contributed by atoms with Crippen LogP contribution in [0.5, 0.6) is 0 Å². The SMILES string of the molecule is CC(O)CC(C)(C)CNC(=O)c1ccc(Cl)c(Cl)c1. The molecule has 0 aliphatic carbocycles. The summed E-state index contributed by atoms with van der Waals surface area (Å²) in [5.74, 6) is -0.197. The molecule has 0 bridgehead atoms. The van der Waals surface area contributed by atoms with Gasteiger partial charge < -0.3 is 10.4 Å². The minimum atomic E-state index is -0.392. The molecule has 0 aliphatic rings. The van der Waals surface area contributed by atoms with Gasteiger partial charge in [0.15, 0.2) is 0 Å². The smallest absolute Gasteiger partial charge is 0.251 e. The lowest BCUT2D eigenvalue weighted by molar-refractivity contribution is 0.0902. The van der Waals surface area contributed by atoms with Crippen molar-refractivity contribution in [2.24, 2.45) is 5.41 Å². The number of hydrogen-bond donors (Lipinski definition) is 2. The summed E-state index contributed by atoms with van der Waals surface area (Å²) in [6, 6.07) is 4.77. The molecule has 1 rings (SSSR count). The Labute approximate surface area is 123 Å². The summed E-state index contributed by atoms with van der Waals surface area (Å²) in [4.78, 5) is 12.0. The van der Waals surface area contributed by atoms with Crippen LogP contribution in [0.1, 0.15) is 37.6 Å². The summed E-state index contributed by atoms with van der Waals surface area (Å²) in [7, 11) is 0. The minimum Gasteiger partial charge on any atom is -0.393 e. The molecule has 1 unspecified atom stereocenters. The molecular weight excluding hydrogens is 285 g/mol. The number of carbonyl (C=O) groups is 1. The first-order valence-electron chi connectivity index (χ1n) is 6.12. The van der Waals surface area contributed by atoms with E-state index in [1.165, 1.54) is 0 Å². The lowest BCUT2D eigenvalue weighted by Gasteiger charge is -2.26. The second-order valence-electron chi connectivity index (χ2n) is 5.53. The highest BCUT2D eigenvalue weighted by atomic mass is 35.5. The van der Waals surface area contributed by atoms with Crippen molar-refractivity contribution in [2.45, 2.75) is 33.3 Å². The van der Waals surface area contributed by atoms with Crippen molar-refractivity contribution in [3.05, 3.63) is 33.8 Å². The molecule has 0 aliphatic heterocycles. The number of rotatable bonds is 5. The molecule has 106 valence electrons. The van der Waals surface area contributed by atoms with Crippen LogP contribution in [0.2, 0.25) is 10.0 Å². The number of hydrogen-bond acceptors (Lipinski definition) is 2. The quantitative estimate of drug-likeness (QED) is 0.874. The standard InChI is InChI=1S/C14H19Cl2NO2/c1-9(18)7-14(2,3)8-17-13(19)10-4-5-11(15)12(16)6-10/h4-6,9,18H,7-8H2,1-3H3,(H,17,19). The van der Waals surface area contributed by atoms with Crippen LogP contribution in [0, 0.1) is 5.41 Å². The fourth-order valence-electron chi connectivity index (χ4n) is 1.93. The first-order valence-corrected chi connectivity index (χ1v) is 6.88. The van der Waals surface area contributed by atoms with Gasteiger partial charge in [0.25, 0.3) is 5.91 Å². The van der Waals surface area contributed by atoms with Crippen LogP contribution in [0.25, 0.3) is 0 Å². The Morgan fingerprint density at radius 1 is 1.37 bits per heavy atom. The zero-order chi connectivity index (χ0) is 14.6. The Kier molecular flexibility index (Phi) is 5.65. The number of amides is 1. The van der Waals surface area contributed by atoms with Crippen molar-refractivity contribution in [1.82, 2.24) is 5.32 Å². The zero-order valence-corrected chi connectivity index (χ0v) is 12.8. The maximum Gasteiger partial charge on any atom is 0.251 e. The van der Waals surface area contributed by atoms with Crippen molar-refractivity contribution < 1.29 is 9.90 Å². The van der Waals surface area contributed by atoms with E-state index in [1.54, 1.807) is 25.1 Å². The van der Waals surface area contributed by atoms with E-state index in [4.69, 9.17) is 23.2 Å². The van der Waals surface area contributed by atoms with Gasteiger partial charge in [-0.25, -0.2) is 0 Å². The van der Waals surface area contributed by atoms with Gasteiger partial charge >= 0.3 is 0 Å². The molecule has 1 aromatic carbocycles. The highest BCUT2D eigenvalue weighted by Crippen LogP contribution is 2.23. The van der Waals surface area contributed by atoms with Crippen molar-refractivity contribution >= 4 is 29.1 Å². The van der Waals surface area contributed by atoms with Crippen molar-refractivity contribution in [2.75, 3.05) is 6.54 Å². The minimum absolute atomic E-state index is 0.167. The number of benzene rings is 1.